The minimum Gasteiger partial charge on any atom is -0.353 e. The second-order valence-corrected chi connectivity index (χ2v) is 6.40. The van der Waals surface area contributed by atoms with E-state index in [-0.39, 0.29) is 5.91 Å². The minimum absolute atomic E-state index is 0.0327. The third-order valence-corrected chi connectivity index (χ3v) is 5.15. The summed E-state index contributed by atoms with van der Waals surface area (Å²) in [6, 6.07) is 0. The lowest BCUT2D eigenvalue weighted by atomic mass is 9.96. The first-order valence-electron chi connectivity index (χ1n) is 5.62. The summed E-state index contributed by atoms with van der Waals surface area (Å²) in [7, 11) is 0. The van der Waals surface area contributed by atoms with Crippen LogP contribution in [0.25, 0.3) is 0 Å². The van der Waals surface area contributed by atoms with E-state index in [9.17, 15) is 4.79 Å². The third-order valence-electron chi connectivity index (χ3n) is 3.73. The molecule has 2 aliphatic carbocycles. The molecule has 0 aliphatic heterocycles. The van der Waals surface area contributed by atoms with Crippen LogP contribution in [0.2, 0.25) is 0 Å². The van der Waals surface area contributed by atoms with Gasteiger partial charge in [-0.1, -0.05) is 0 Å². The largest absolute Gasteiger partial charge is 0.353 e. The summed E-state index contributed by atoms with van der Waals surface area (Å²) >= 11 is 1.86. The highest BCUT2D eigenvalue weighted by Gasteiger charge is 2.46. The standard InChI is InChI=1S/C11H20N2OS/c1-10(12,8-3-4-8)9(14)13-7-11(15-2)5-6-11/h8H,3-7,12H2,1-2H3,(H,13,14). The van der Waals surface area contributed by atoms with Crippen LogP contribution in [0.15, 0.2) is 0 Å². The fraction of sp³-hybridized carbons (Fsp3) is 0.909. The summed E-state index contributed by atoms with van der Waals surface area (Å²) in [6.45, 7) is 2.64. The Morgan fingerprint density at radius 3 is 2.60 bits per heavy atom. The lowest BCUT2D eigenvalue weighted by Crippen LogP contribution is -2.54. The van der Waals surface area contributed by atoms with Gasteiger partial charge in [0.15, 0.2) is 0 Å². The van der Waals surface area contributed by atoms with Gasteiger partial charge in [0.2, 0.25) is 5.91 Å². The molecule has 2 fully saturated rings. The average molecular weight is 228 g/mol. The summed E-state index contributed by atoms with van der Waals surface area (Å²) in [6.07, 6.45) is 6.77. The Hall–Kier alpha value is -0.220. The smallest absolute Gasteiger partial charge is 0.240 e. The van der Waals surface area contributed by atoms with Gasteiger partial charge in [-0.05, 0) is 44.8 Å². The molecule has 2 saturated carbocycles. The molecule has 0 aromatic rings. The molecule has 1 unspecified atom stereocenters. The number of nitrogens with two attached hydrogens (primary N) is 1. The van der Waals surface area contributed by atoms with Gasteiger partial charge in [-0.2, -0.15) is 11.8 Å². The predicted molar refractivity (Wildman–Crippen MR) is 63.8 cm³/mol. The molecule has 0 saturated heterocycles. The molecule has 0 radical (unpaired) electrons. The molecule has 0 spiro atoms. The number of nitrogens with one attached hydrogen (secondary N) is 1. The van der Waals surface area contributed by atoms with Gasteiger partial charge >= 0.3 is 0 Å². The van der Waals surface area contributed by atoms with Gasteiger partial charge < -0.3 is 11.1 Å². The second kappa shape index (κ2) is 3.67. The fourth-order valence-electron chi connectivity index (χ4n) is 1.89. The van der Waals surface area contributed by atoms with Gasteiger partial charge in [0.25, 0.3) is 0 Å². The molecule has 0 aromatic carbocycles. The van der Waals surface area contributed by atoms with E-state index in [2.05, 4.69) is 11.6 Å². The van der Waals surface area contributed by atoms with Crippen molar-refractivity contribution in [1.82, 2.24) is 5.32 Å². The first kappa shape index (κ1) is 11.3. The van der Waals surface area contributed by atoms with Crippen molar-refractivity contribution in [2.24, 2.45) is 11.7 Å². The van der Waals surface area contributed by atoms with Crippen molar-refractivity contribution in [3.05, 3.63) is 0 Å². The fourth-order valence-corrected chi connectivity index (χ4v) is 2.62. The lowest BCUT2D eigenvalue weighted by molar-refractivity contribution is -0.126. The Morgan fingerprint density at radius 2 is 2.20 bits per heavy atom. The average Bonchev–Trinajstić information content (AvgIpc) is 3.04. The molecule has 1 atom stereocenters. The van der Waals surface area contributed by atoms with E-state index < -0.39 is 5.54 Å². The van der Waals surface area contributed by atoms with Gasteiger partial charge in [-0.3, -0.25) is 4.79 Å². The van der Waals surface area contributed by atoms with Gasteiger partial charge in [-0.15, -0.1) is 0 Å². The molecule has 0 heterocycles. The number of rotatable bonds is 5. The Morgan fingerprint density at radius 1 is 1.60 bits per heavy atom. The van der Waals surface area contributed by atoms with Crippen molar-refractivity contribution in [3.63, 3.8) is 0 Å². The topological polar surface area (TPSA) is 55.1 Å². The van der Waals surface area contributed by atoms with Crippen LogP contribution in [-0.2, 0) is 4.79 Å². The van der Waals surface area contributed by atoms with E-state index in [0.717, 1.165) is 19.4 Å². The number of carbonyl (C=O) groups excluding carboxylic acids is 1. The van der Waals surface area contributed by atoms with E-state index in [1.54, 1.807) is 0 Å². The molecule has 0 aromatic heterocycles. The SMILES string of the molecule is CSC1(CNC(=O)C(C)(N)C2CC2)CC1. The predicted octanol–water partition coefficient (Wildman–Crippen LogP) is 1.13. The Kier molecular flexibility index (Phi) is 2.75. The van der Waals surface area contributed by atoms with Crippen LogP contribution in [0.5, 0.6) is 0 Å². The van der Waals surface area contributed by atoms with Crippen LogP contribution in [0.3, 0.4) is 0 Å². The van der Waals surface area contributed by atoms with E-state index >= 15 is 0 Å². The first-order chi connectivity index (χ1) is 7.00. The molecular weight excluding hydrogens is 208 g/mol. The minimum atomic E-state index is -0.644. The van der Waals surface area contributed by atoms with Gasteiger partial charge in [0, 0.05) is 11.3 Å². The molecule has 2 aliphatic rings. The molecule has 15 heavy (non-hydrogen) atoms. The summed E-state index contributed by atoms with van der Waals surface area (Å²) in [5.41, 5.74) is 5.39. The molecule has 1 amide bonds. The zero-order chi connectivity index (χ0) is 11.1. The summed E-state index contributed by atoms with van der Waals surface area (Å²) in [4.78, 5) is 11.9. The van der Waals surface area contributed by atoms with Crippen molar-refractivity contribution in [2.75, 3.05) is 12.8 Å². The highest BCUT2D eigenvalue weighted by Crippen LogP contribution is 2.46. The van der Waals surface area contributed by atoms with Crippen LogP contribution in [0.4, 0.5) is 0 Å². The first-order valence-corrected chi connectivity index (χ1v) is 6.85. The lowest BCUT2D eigenvalue weighted by Gasteiger charge is -2.24. The summed E-state index contributed by atoms with van der Waals surface area (Å²) < 4.78 is 0.329. The Bertz CT molecular complexity index is 270. The van der Waals surface area contributed by atoms with E-state index in [1.807, 2.05) is 18.7 Å². The van der Waals surface area contributed by atoms with Crippen molar-refractivity contribution >= 4 is 17.7 Å². The summed E-state index contributed by atoms with van der Waals surface area (Å²) in [5, 5.41) is 3.01. The van der Waals surface area contributed by atoms with Crippen molar-refractivity contribution in [1.29, 1.82) is 0 Å². The van der Waals surface area contributed by atoms with Crippen LogP contribution in [0, 0.1) is 5.92 Å². The number of hydrogen-bond acceptors (Lipinski definition) is 3. The summed E-state index contributed by atoms with van der Waals surface area (Å²) in [5.74, 6) is 0.437. The normalized spacial score (nSPS) is 26.9. The van der Waals surface area contributed by atoms with Gasteiger partial charge in [0.1, 0.15) is 0 Å². The quantitative estimate of drug-likeness (QED) is 0.741. The number of thioether (sulfide) groups is 1. The number of carbonyl (C=O) groups is 1. The van der Waals surface area contributed by atoms with Crippen LogP contribution >= 0.6 is 11.8 Å². The van der Waals surface area contributed by atoms with Crippen LogP contribution in [0.1, 0.15) is 32.6 Å². The molecule has 3 nitrogen and oxygen atoms in total. The highest BCUT2D eigenvalue weighted by atomic mass is 32.2. The molecule has 0 bridgehead atoms. The molecule has 86 valence electrons. The van der Waals surface area contributed by atoms with Crippen molar-refractivity contribution < 1.29 is 4.79 Å². The third kappa shape index (κ3) is 2.31. The zero-order valence-corrected chi connectivity index (χ0v) is 10.3. The van der Waals surface area contributed by atoms with Crippen molar-refractivity contribution in [2.45, 2.75) is 42.9 Å². The highest BCUT2D eigenvalue weighted by molar-refractivity contribution is 8.00. The van der Waals surface area contributed by atoms with Crippen LogP contribution < -0.4 is 11.1 Å². The molecule has 4 heteroatoms. The number of amides is 1. The van der Waals surface area contributed by atoms with E-state index in [1.165, 1.54) is 12.8 Å². The van der Waals surface area contributed by atoms with Crippen molar-refractivity contribution in [3.8, 4) is 0 Å². The van der Waals surface area contributed by atoms with Gasteiger partial charge in [-0.25, -0.2) is 0 Å². The maximum atomic E-state index is 11.9. The zero-order valence-electron chi connectivity index (χ0n) is 9.51. The van der Waals surface area contributed by atoms with Crippen LogP contribution in [-0.4, -0.2) is 29.0 Å². The monoisotopic (exact) mass is 228 g/mol. The maximum Gasteiger partial charge on any atom is 0.240 e. The Balaban J connectivity index is 1.81. The molecule has 3 N–H and O–H groups in total. The van der Waals surface area contributed by atoms with E-state index in [4.69, 9.17) is 5.73 Å². The second-order valence-electron chi connectivity index (χ2n) is 5.13. The van der Waals surface area contributed by atoms with E-state index in [0.29, 0.717) is 10.7 Å². The van der Waals surface area contributed by atoms with Gasteiger partial charge in [0.05, 0.1) is 5.54 Å². The molecule has 2 rings (SSSR count). The Labute approximate surface area is 95.6 Å². The number of hydrogen-bond donors (Lipinski definition) is 2. The maximum absolute atomic E-state index is 11.9. The molecular formula is C11H20N2OS.